The van der Waals surface area contributed by atoms with E-state index < -0.39 is 0 Å². The Morgan fingerprint density at radius 2 is 1.95 bits per heavy atom. The minimum Gasteiger partial charge on any atom is -0.319 e. The molecule has 96 valence electrons. The Morgan fingerprint density at radius 1 is 1.21 bits per heavy atom. The summed E-state index contributed by atoms with van der Waals surface area (Å²) >= 11 is 9.67. The number of aryl methyl sites for hydroxylation is 2. The number of benzene rings is 1. The highest BCUT2D eigenvalue weighted by molar-refractivity contribution is 9.10. The molecule has 0 unspecified atom stereocenters. The van der Waals surface area contributed by atoms with Crippen molar-refractivity contribution in [2.75, 3.05) is 0 Å². The maximum absolute atomic E-state index is 6.14. The van der Waals surface area contributed by atoms with Gasteiger partial charge in [-0.3, -0.25) is 0 Å². The van der Waals surface area contributed by atoms with Crippen LogP contribution in [-0.4, -0.2) is 14.5 Å². The quantitative estimate of drug-likeness (QED) is 0.661. The van der Waals surface area contributed by atoms with Crippen LogP contribution >= 0.6 is 27.5 Å². The number of halogens is 2. The summed E-state index contributed by atoms with van der Waals surface area (Å²) in [6, 6.07) is 9.82. The highest BCUT2D eigenvalue weighted by atomic mass is 79.9. The molecule has 3 aromatic rings. The molecule has 0 spiro atoms. The zero-order chi connectivity index (χ0) is 13.6. The van der Waals surface area contributed by atoms with Crippen molar-refractivity contribution < 1.29 is 0 Å². The lowest BCUT2D eigenvalue weighted by Crippen LogP contribution is -1.97. The van der Waals surface area contributed by atoms with Crippen molar-refractivity contribution in [1.29, 1.82) is 0 Å². The van der Waals surface area contributed by atoms with Gasteiger partial charge in [0.2, 0.25) is 0 Å². The molecule has 0 saturated carbocycles. The van der Waals surface area contributed by atoms with Gasteiger partial charge in [-0.25, -0.2) is 9.97 Å². The molecule has 3 rings (SSSR count). The van der Waals surface area contributed by atoms with Crippen LogP contribution in [0.25, 0.3) is 22.4 Å². The maximum atomic E-state index is 6.14. The first kappa shape index (κ1) is 12.6. The molecule has 0 amide bonds. The lowest BCUT2D eigenvalue weighted by atomic mass is 10.2. The van der Waals surface area contributed by atoms with E-state index in [0.29, 0.717) is 11.0 Å². The highest BCUT2D eigenvalue weighted by Gasteiger charge is 2.13. The monoisotopic (exact) mass is 335 g/mol. The third-order valence-electron chi connectivity index (χ3n) is 3.13. The summed E-state index contributed by atoms with van der Waals surface area (Å²) in [5.41, 5.74) is 2.76. The zero-order valence-corrected chi connectivity index (χ0v) is 12.8. The van der Waals surface area contributed by atoms with Crippen LogP contribution in [-0.2, 0) is 7.05 Å². The summed E-state index contributed by atoms with van der Waals surface area (Å²) in [5.74, 6) is 0.704. The van der Waals surface area contributed by atoms with E-state index in [4.69, 9.17) is 11.6 Å². The summed E-state index contributed by atoms with van der Waals surface area (Å²) in [4.78, 5) is 9.20. The molecule has 0 bridgehead atoms. The summed E-state index contributed by atoms with van der Waals surface area (Å²) < 4.78 is 2.85. The molecule has 1 aromatic carbocycles. The number of nitrogens with zero attached hydrogens (tertiary/aromatic N) is 3. The first-order valence-electron chi connectivity index (χ1n) is 5.82. The van der Waals surface area contributed by atoms with Crippen molar-refractivity contribution >= 4 is 38.6 Å². The average molecular weight is 337 g/mol. The predicted octanol–water partition coefficient (Wildman–Crippen LogP) is 4.36. The Hall–Kier alpha value is -1.39. The van der Waals surface area contributed by atoms with Crippen LogP contribution in [0.3, 0.4) is 0 Å². The van der Waals surface area contributed by atoms with Gasteiger partial charge in [-0.15, -0.1) is 0 Å². The first-order valence-corrected chi connectivity index (χ1v) is 6.99. The van der Waals surface area contributed by atoms with E-state index in [1.807, 2.05) is 48.9 Å². The number of fused-ring (bicyclic) bond motifs is 1. The Balaban J connectivity index is 2.32. The fourth-order valence-electron chi connectivity index (χ4n) is 2.07. The van der Waals surface area contributed by atoms with Gasteiger partial charge in [-0.2, -0.15) is 0 Å². The van der Waals surface area contributed by atoms with Gasteiger partial charge in [0.1, 0.15) is 10.8 Å². The molecule has 3 nitrogen and oxygen atoms in total. The number of rotatable bonds is 1. The molecular formula is C14H11BrClN3. The molecule has 0 atom stereocenters. The van der Waals surface area contributed by atoms with Crippen LogP contribution in [0.4, 0.5) is 0 Å². The van der Waals surface area contributed by atoms with Gasteiger partial charge in [0, 0.05) is 22.5 Å². The topological polar surface area (TPSA) is 30.7 Å². The third kappa shape index (κ3) is 2.05. The standard InChI is InChI=1S/C14H11BrClN3/c1-8-10-7-12(16)19(2)14(10)18-13(17-8)9-5-3-4-6-11(9)15/h3-7H,1-2H3. The van der Waals surface area contributed by atoms with E-state index >= 15 is 0 Å². The second kappa shape index (κ2) is 4.62. The van der Waals surface area contributed by atoms with E-state index in [1.165, 1.54) is 0 Å². The molecule has 0 aliphatic rings. The van der Waals surface area contributed by atoms with E-state index in [1.54, 1.807) is 0 Å². The number of hydrogen-bond acceptors (Lipinski definition) is 2. The minimum atomic E-state index is 0.664. The van der Waals surface area contributed by atoms with Crippen LogP contribution in [0.5, 0.6) is 0 Å². The van der Waals surface area contributed by atoms with Crippen molar-refractivity contribution in [2.45, 2.75) is 6.92 Å². The normalized spacial score (nSPS) is 11.2. The van der Waals surface area contributed by atoms with Crippen molar-refractivity contribution in [2.24, 2.45) is 7.05 Å². The van der Waals surface area contributed by atoms with Crippen molar-refractivity contribution in [3.05, 3.63) is 45.7 Å². The van der Waals surface area contributed by atoms with Gasteiger partial charge in [0.25, 0.3) is 0 Å². The minimum absolute atomic E-state index is 0.664. The maximum Gasteiger partial charge on any atom is 0.162 e. The fraction of sp³-hybridized carbons (Fsp3) is 0.143. The molecule has 0 aliphatic heterocycles. The molecule has 0 N–H and O–H groups in total. The van der Waals surface area contributed by atoms with Gasteiger partial charge in [-0.05, 0) is 19.1 Å². The van der Waals surface area contributed by atoms with Crippen LogP contribution < -0.4 is 0 Å². The summed E-state index contributed by atoms with van der Waals surface area (Å²) in [6.07, 6.45) is 0. The van der Waals surface area contributed by atoms with E-state index in [9.17, 15) is 0 Å². The van der Waals surface area contributed by atoms with E-state index in [2.05, 4.69) is 25.9 Å². The number of aromatic nitrogens is 3. The van der Waals surface area contributed by atoms with Crippen molar-refractivity contribution in [3.8, 4) is 11.4 Å². The molecule has 2 aromatic heterocycles. The predicted molar refractivity (Wildman–Crippen MR) is 81.4 cm³/mol. The largest absolute Gasteiger partial charge is 0.319 e. The highest BCUT2D eigenvalue weighted by Crippen LogP contribution is 2.29. The molecule has 0 saturated heterocycles. The van der Waals surface area contributed by atoms with Gasteiger partial charge in [0.15, 0.2) is 5.82 Å². The molecule has 5 heteroatoms. The molecule has 2 heterocycles. The Labute approximate surface area is 124 Å². The van der Waals surface area contributed by atoms with Gasteiger partial charge < -0.3 is 4.57 Å². The summed E-state index contributed by atoms with van der Waals surface area (Å²) in [7, 11) is 1.90. The number of hydrogen-bond donors (Lipinski definition) is 0. The van der Waals surface area contributed by atoms with E-state index in [-0.39, 0.29) is 0 Å². The molecule has 19 heavy (non-hydrogen) atoms. The fourth-order valence-corrected chi connectivity index (χ4v) is 2.72. The van der Waals surface area contributed by atoms with Crippen LogP contribution in [0, 0.1) is 6.92 Å². The Morgan fingerprint density at radius 3 is 2.68 bits per heavy atom. The molecule has 0 fully saturated rings. The molecular weight excluding hydrogens is 326 g/mol. The van der Waals surface area contributed by atoms with Crippen molar-refractivity contribution in [1.82, 2.24) is 14.5 Å². The van der Waals surface area contributed by atoms with Gasteiger partial charge in [-0.1, -0.05) is 45.7 Å². The lowest BCUT2D eigenvalue weighted by molar-refractivity contribution is 0.943. The van der Waals surface area contributed by atoms with E-state index in [0.717, 1.165) is 26.8 Å². The second-order valence-electron chi connectivity index (χ2n) is 4.38. The lowest BCUT2D eigenvalue weighted by Gasteiger charge is -2.06. The first-order chi connectivity index (χ1) is 9.08. The summed E-state index contributed by atoms with van der Waals surface area (Å²) in [5, 5.41) is 1.65. The molecule has 0 aliphatic carbocycles. The Bertz CT molecular complexity index is 780. The molecule has 0 radical (unpaired) electrons. The third-order valence-corrected chi connectivity index (χ3v) is 4.19. The van der Waals surface area contributed by atoms with Gasteiger partial charge in [0.05, 0.1) is 5.69 Å². The van der Waals surface area contributed by atoms with Gasteiger partial charge >= 0.3 is 0 Å². The van der Waals surface area contributed by atoms with Crippen molar-refractivity contribution in [3.63, 3.8) is 0 Å². The van der Waals surface area contributed by atoms with Crippen LogP contribution in [0.15, 0.2) is 34.8 Å². The average Bonchev–Trinajstić information content (AvgIpc) is 2.67. The smallest absolute Gasteiger partial charge is 0.162 e. The van der Waals surface area contributed by atoms with Crippen LogP contribution in [0.2, 0.25) is 5.15 Å². The Kier molecular flexibility index (Phi) is 3.07. The SMILES string of the molecule is Cc1nc(-c2ccccc2Br)nc2c1cc(Cl)n2C. The second-order valence-corrected chi connectivity index (χ2v) is 5.62. The van der Waals surface area contributed by atoms with Crippen LogP contribution in [0.1, 0.15) is 5.69 Å². The zero-order valence-electron chi connectivity index (χ0n) is 10.5. The summed E-state index contributed by atoms with van der Waals surface area (Å²) in [6.45, 7) is 1.97.